The lowest BCUT2D eigenvalue weighted by Crippen LogP contribution is -2.35. The maximum atomic E-state index is 12.0. The molecule has 0 aliphatic heterocycles. The summed E-state index contributed by atoms with van der Waals surface area (Å²) in [6.07, 6.45) is -0.551. The second-order valence-electron chi connectivity index (χ2n) is 5.21. The summed E-state index contributed by atoms with van der Waals surface area (Å²) >= 11 is 0. The summed E-state index contributed by atoms with van der Waals surface area (Å²) in [6.45, 7) is 7.14. The third-order valence-corrected chi connectivity index (χ3v) is 2.40. The summed E-state index contributed by atoms with van der Waals surface area (Å²) in [7, 11) is 4.51. The van der Waals surface area contributed by atoms with Crippen LogP contribution in [0.4, 0.5) is 10.7 Å². The van der Waals surface area contributed by atoms with Crippen molar-refractivity contribution in [3.8, 4) is 11.8 Å². The van der Waals surface area contributed by atoms with Gasteiger partial charge in [-0.1, -0.05) is 0 Å². The Labute approximate surface area is 118 Å². The first kappa shape index (κ1) is 16.0. The zero-order valence-electron chi connectivity index (χ0n) is 13.0. The first-order valence-electron chi connectivity index (χ1n) is 6.13. The van der Waals surface area contributed by atoms with Gasteiger partial charge in [-0.2, -0.15) is 9.97 Å². The molecule has 0 N–H and O–H groups in total. The SMILES string of the molecule is COc1nc(N(C)C(=O)OC(C)(C)C)nc(OC)c1C. The van der Waals surface area contributed by atoms with E-state index in [1.54, 1.807) is 27.7 Å². The van der Waals surface area contributed by atoms with Gasteiger partial charge in [0.2, 0.25) is 17.7 Å². The summed E-state index contributed by atoms with van der Waals surface area (Å²) in [6, 6.07) is 0. The highest BCUT2D eigenvalue weighted by atomic mass is 16.6. The number of hydrogen-bond donors (Lipinski definition) is 0. The van der Waals surface area contributed by atoms with Crippen LogP contribution < -0.4 is 14.4 Å². The highest BCUT2D eigenvalue weighted by Gasteiger charge is 2.24. The van der Waals surface area contributed by atoms with E-state index in [-0.39, 0.29) is 5.95 Å². The molecule has 112 valence electrons. The number of methoxy groups -OCH3 is 2. The molecule has 20 heavy (non-hydrogen) atoms. The minimum atomic E-state index is -0.593. The lowest BCUT2D eigenvalue weighted by Gasteiger charge is -2.24. The van der Waals surface area contributed by atoms with Gasteiger partial charge in [0.25, 0.3) is 0 Å². The first-order chi connectivity index (χ1) is 9.19. The molecule has 0 aliphatic carbocycles. The largest absolute Gasteiger partial charge is 0.481 e. The van der Waals surface area contributed by atoms with Gasteiger partial charge in [0.05, 0.1) is 19.8 Å². The van der Waals surface area contributed by atoms with Gasteiger partial charge in [-0.25, -0.2) is 9.69 Å². The molecule has 0 aromatic carbocycles. The number of carbonyl (C=O) groups is 1. The molecule has 1 heterocycles. The zero-order chi connectivity index (χ0) is 15.5. The molecule has 1 rings (SSSR count). The van der Waals surface area contributed by atoms with Crippen molar-refractivity contribution in [2.45, 2.75) is 33.3 Å². The molecule has 1 amide bonds. The molecule has 7 heteroatoms. The molecule has 0 fully saturated rings. The molecule has 0 bridgehead atoms. The Balaban J connectivity index is 3.10. The molecule has 0 aliphatic rings. The van der Waals surface area contributed by atoms with Gasteiger partial charge in [0.1, 0.15) is 5.60 Å². The molecule has 1 aromatic rings. The van der Waals surface area contributed by atoms with E-state index in [4.69, 9.17) is 14.2 Å². The number of amides is 1. The second-order valence-corrected chi connectivity index (χ2v) is 5.21. The highest BCUT2D eigenvalue weighted by molar-refractivity contribution is 5.85. The fourth-order valence-electron chi connectivity index (χ4n) is 1.43. The van der Waals surface area contributed by atoms with E-state index in [1.807, 2.05) is 0 Å². The number of nitrogens with zero attached hydrogens (tertiary/aromatic N) is 3. The number of carbonyl (C=O) groups excluding carboxylic acids is 1. The summed E-state index contributed by atoms with van der Waals surface area (Å²) in [5.74, 6) is 0.850. The van der Waals surface area contributed by atoms with Crippen LogP contribution in [0.15, 0.2) is 0 Å². The fourth-order valence-corrected chi connectivity index (χ4v) is 1.43. The number of rotatable bonds is 3. The predicted molar refractivity (Wildman–Crippen MR) is 74.5 cm³/mol. The third-order valence-electron chi connectivity index (χ3n) is 2.40. The molecular formula is C13H21N3O4. The predicted octanol–water partition coefficient (Wildman–Crippen LogP) is 2.17. The summed E-state index contributed by atoms with van der Waals surface area (Å²) in [5.41, 5.74) is 0.0702. The van der Waals surface area contributed by atoms with Crippen LogP contribution in [0.5, 0.6) is 11.8 Å². The van der Waals surface area contributed by atoms with Crippen LogP contribution in [0.25, 0.3) is 0 Å². The van der Waals surface area contributed by atoms with Crippen molar-refractivity contribution >= 4 is 12.0 Å². The van der Waals surface area contributed by atoms with Crippen LogP contribution in [0, 0.1) is 6.92 Å². The van der Waals surface area contributed by atoms with Gasteiger partial charge in [0, 0.05) is 7.05 Å². The molecule has 0 saturated carbocycles. The quantitative estimate of drug-likeness (QED) is 0.846. The topological polar surface area (TPSA) is 73.8 Å². The average molecular weight is 283 g/mol. The van der Waals surface area contributed by atoms with Gasteiger partial charge in [-0.15, -0.1) is 0 Å². The average Bonchev–Trinajstić information content (AvgIpc) is 2.36. The maximum absolute atomic E-state index is 12.0. The lowest BCUT2D eigenvalue weighted by atomic mass is 10.2. The van der Waals surface area contributed by atoms with Crippen LogP contribution in [-0.2, 0) is 4.74 Å². The third kappa shape index (κ3) is 3.72. The van der Waals surface area contributed by atoms with Gasteiger partial charge in [0.15, 0.2) is 0 Å². The van der Waals surface area contributed by atoms with Gasteiger partial charge >= 0.3 is 6.09 Å². The molecule has 0 saturated heterocycles. The van der Waals surface area contributed by atoms with Gasteiger partial charge < -0.3 is 14.2 Å². The fraction of sp³-hybridized carbons (Fsp3) is 0.615. The van der Waals surface area contributed by atoms with Crippen molar-refractivity contribution in [3.05, 3.63) is 5.56 Å². The van der Waals surface area contributed by atoms with Crippen LogP contribution in [-0.4, -0.2) is 42.9 Å². The van der Waals surface area contributed by atoms with Crippen molar-refractivity contribution in [2.75, 3.05) is 26.2 Å². The summed E-state index contributed by atoms with van der Waals surface area (Å²) in [5, 5.41) is 0. The summed E-state index contributed by atoms with van der Waals surface area (Å²) in [4.78, 5) is 21.5. The molecule has 1 aromatic heterocycles. The monoisotopic (exact) mass is 283 g/mol. The molecule has 7 nitrogen and oxygen atoms in total. The van der Waals surface area contributed by atoms with Crippen LogP contribution in [0.1, 0.15) is 26.3 Å². The number of ether oxygens (including phenoxy) is 3. The van der Waals surface area contributed by atoms with E-state index < -0.39 is 11.7 Å². The van der Waals surface area contributed by atoms with E-state index >= 15 is 0 Å². The Hall–Kier alpha value is -2.05. The lowest BCUT2D eigenvalue weighted by molar-refractivity contribution is 0.0587. The van der Waals surface area contributed by atoms with Crippen molar-refractivity contribution in [2.24, 2.45) is 0 Å². The first-order valence-corrected chi connectivity index (χ1v) is 6.13. The van der Waals surface area contributed by atoms with Crippen LogP contribution in [0.3, 0.4) is 0 Å². The van der Waals surface area contributed by atoms with Crippen molar-refractivity contribution in [1.29, 1.82) is 0 Å². The Kier molecular flexibility index (Phi) is 4.75. The van der Waals surface area contributed by atoms with Gasteiger partial charge in [-0.05, 0) is 27.7 Å². The van der Waals surface area contributed by atoms with Crippen molar-refractivity contribution in [3.63, 3.8) is 0 Å². The van der Waals surface area contributed by atoms with E-state index in [1.165, 1.54) is 26.2 Å². The van der Waals surface area contributed by atoms with Gasteiger partial charge in [-0.3, -0.25) is 0 Å². The second kappa shape index (κ2) is 5.94. The van der Waals surface area contributed by atoms with E-state index in [2.05, 4.69) is 9.97 Å². The highest BCUT2D eigenvalue weighted by Crippen LogP contribution is 2.26. The number of hydrogen-bond acceptors (Lipinski definition) is 6. The molecular weight excluding hydrogens is 262 g/mol. The Bertz CT molecular complexity index is 472. The molecule has 0 unspecified atom stereocenters. The van der Waals surface area contributed by atoms with E-state index in [0.29, 0.717) is 17.3 Å². The smallest absolute Gasteiger partial charge is 0.416 e. The Morgan fingerprint density at radius 1 is 1.10 bits per heavy atom. The minimum Gasteiger partial charge on any atom is -0.481 e. The van der Waals surface area contributed by atoms with E-state index in [0.717, 1.165) is 0 Å². The standard InChI is InChI=1S/C13H21N3O4/c1-8-9(18-6)14-11(15-10(8)19-7)16(5)12(17)20-13(2,3)4/h1-7H3. The molecule has 0 spiro atoms. The summed E-state index contributed by atoms with van der Waals surface area (Å²) < 4.78 is 15.6. The molecule has 0 radical (unpaired) electrons. The normalized spacial score (nSPS) is 10.9. The van der Waals surface area contributed by atoms with E-state index in [9.17, 15) is 4.79 Å². The Morgan fingerprint density at radius 2 is 1.55 bits per heavy atom. The number of aromatic nitrogens is 2. The maximum Gasteiger partial charge on any atom is 0.416 e. The number of anilines is 1. The molecule has 0 atom stereocenters. The van der Waals surface area contributed by atoms with Crippen molar-refractivity contribution in [1.82, 2.24) is 9.97 Å². The Morgan fingerprint density at radius 3 is 1.90 bits per heavy atom. The zero-order valence-corrected chi connectivity index (χ0v) is 13.0. The minimum absolute atomic E-state index is 0.151. The van der Waals surface area contributed by atoms with Crippen LogP contribution in [0.2, 0.25) is 0 Å². The van der Waals surface area contributed by atoms with Crippen molar-refractivity contribution < 1.29 is 19.0 Å². The van der Waals surface area contributed by atoms with Crippen LogP contribution >= 0.6 is 0 Å².